The number of benzene rings is 1. The molecule has 1 aromatic carbocycles. The van der Waals surface area contributed by atoms with E-state index in [0.717, 1.165) is 17.6 Å². The number of aliphatic hydroxyl groups excluding tert-OH is 1. The maximum atomic E-state index is 9.45. The summed E-state index contributed by atoms with van der Waals surface area (Å²) in [5.74, 6) is 0. The fraction of sp³-hybridized carbons (Fsp3) is 0.385. The van der Waals surface area contributed by atoms with Crippen molar-refractivity contribution in [3.8, 4) is 0 Å². The molecule has 3 heteroatoms. The van der Waals surface area contributed by atoms with Crippen LogP contribution in [0.4, 0.5) is 0 Å². The highest BCUT2D eigenvalue weighted by molar-refractivity contribution is 5.80. The quantitative estimate of drug-likeness (QED) is 0.759. The topological polar surface area (TPSA) is 45.2 Å². The zero-order valence-electron chi connectivity index (χ0n) is 9.44. The minimum Gasteiger partial charge on any atom is -0.368 e. The van der Waals surface area contributed by atoms with Gasteiger partial charge in [0.15, 0.2) is 6.29 Å². The summed E-state index contributed by atoms with van der Waals surface area (Å²) in [7, 11) is 0. The van der Waals surface area contributed by atoms with E-state index in [-0.39, 0.29) is 0 Å². The highest BCUT2D eigenvalue weighted by atomic mass is 16.6. The van der Waals surface area contributed by atoms with Crippen LogP contribution in [-0.2, 0) is 11.2 Å². The molecule has 2 rings (SSSR count). The van der Waals surface area contributed by atoms with E-state index in [2.05, 4.69) is 23.2 Å². The van der Waals surface area contributed by atoms with Crippen molar-refractivity contribution in [2.75, 3.05) is 6.61 Å². The van der Waals surface area contributed by atoms with E-state index >= 15 is 0 Å². The first-order valence-corrected chi connectivity index (χ1v) is 5.66. The van der Waals surface area contributed by atoms with Crippen LogP contribution in [-0.4, -0.2) is 23.0 Å². The molecule has 0 saturated carbocycles. The SMILES string of the molecule is CCOC(O)CCc1cc2ccccc2[nH]1. The molecule has 0 aliphatic heterocycles. The molecule has 2 N–H and O–H groups in total. The van der Waals surface area contributed by atoms with E-state index < -0.39 is 6.29 Å². The Kier molecular flexibility index (Phi) is 3.59. The van der Waals surface area contributed by atoms with Gasteiger partial charge in [0.1, 0.15) is 0 Å². The average Bonchev–Trinajstić information content (AvgIpc) is 2.69. The molecule has 0 aliphatic carbocycles. The van der Waals surface area contributed by atoms with Crippen LogP contribution in [0.2, 0.25) is 0 Å². The molecule has 1 aromatic heterocycles. The molecule has 0 spiro atoms. The maximum absolute atomic E-state index is 9.45. The number of aliphatic hydroxyl groups is 1. The lowest BCUT2D eigenvalue weighted by Gasteiger charge is -2.08. The van der Waals surface area contributed by atoms with Crippen molar-refractivity contribution in [3.63, 3.8) is 0 Å². The molecule has 0 amide bonds. The number of hydrogen-bond acceptors (Lipinski definition) is 2. The third kappa shape index (κ3) is 2.62. The molecule has 0 bridgehead atoms. The molecule has 16 heavy (non-hydrogen) atoms. The summed E-state index contributed by atoms with van der Waals surface area (Å²) in [5.41, 5.74) is 2.28. The van der Waals surface area contributed by atoms with E-state index in [1.807, 2.05) is 19.1 Å². The molecule has 1 atom stereocenters. The zero-order valence-corrected chi connectivity index (χ0v) is 9.44. The Hall–Kier alpha value is -1.32. The number of rotatable bonds is 5. The predicted octanol–water partition coefficient (Wildman–Crippen LogP) is 2.46. The minimum atomic E-state index is -0.656. The highest BCUT2D eigenvalue weighted by Crippen LogP contribution is 2.16. The predicted molar refractivity (Wildman–Crippen MR) is 64.3 cm³/mol. The van der Waals surface area contributed by atoms with Gasteiger partial charge in [-0.25, -0.2) is 0 Å². The third-order valence-electron chi connectivity index (χ3n) is 2.61. The van der Waals surface area contributed by atoms with Gasteiger partial charge in [-0.1, -0.05) is 18.2 Å². The fourth-order valence-electron chi connectivity index (χ4n) is 1.82. The van der Waals surface area contributed by atoms with Gasteiger partial charge in [-0.2, -0.15) is 0 Å². The van der Waals surface area contributed by atoms with Crippen LogP contribution in [0.15, 0.2) is 30.3 Å². The van der Waals surface area contributed by atoms with Gasteiger partial charge in [0, 0.05) is 24.2 Å². The van der Waals surface area contributed by atoms with Crippen molar-refractivity contribution in [3.05, 3.63) is 36.0 Å². The molecule has 86 valence electrons. The van der Waals surface area contributed by atoms with Crippen LogP contribution in [0.3, 0.4) is 0 Å². The van der Waals surface area contributed by atoms with Crippen LogP contribution in [0, 0.1) is 0 Å². The van der Waals surface area contributed by atoms with Crippen molar-refractivity contribution in [1.82, 2.24) is 4.98 Å². The van der Waals surface area contributed by atoms with Gasteiger partial charge in [0.2, 0.25) is 0 Å². The Labute approximate surface area is 95.1 Å². The number of hydrogen-bond donors (Lipinski definition) is 2. The van der Waals surface area contributed by atoms with E-state index in [9.17, 15) is 5.11 Å². The van der Waals surface area contributed by atoms with E-state index in [0.29, 0.717) is 13.0 Å². The summed E-state index contributed by atoms with van der Waals surface area (Å²) >= 11 is 0. The standard InChI is InChI=1S/C13H17NO2/c1-2-16-13(15)8-7-11-9-10-5-3-4-6-12(10)14-11/h3-6,9,13-15H,2,7-8H2,1H3. The van der Waals surface area contributed by atoms with Gasteiger partial charge in [-0.05, 0) is 30.9 Å². The molecule has 0 saturated heterocycles. The number of para-hydroxylation sites is 1. The number of aromatic nitrogens is 1. The van der Waals surface area contributed by atoms with Gasteiger partial charge < -0.3 is 14.8 Å². The number of aryl methyl sites for hydroxylation is 1. The van der Waals surface area contributed by atoms with E-state index in [1.165, 1.54) is 5.39 Å². The first-order valence-electron chi connectivity index (χ1n) is 5.66. The Morgan fingerprint density at radius 1 is 1.38 bits per heavy atom. The smallest absolute Gasteiger partial charge is 0.154 e. The third-order valence-corrected chi connectivity index (χ3v) is 2.61. The lowest BCUT2D eigenvalue weighted by Crippen LogP contribution is -2.12. The Morgan fingerprint density at radius 3 is 2.94 bits per heavy atom. The molecule has 0 fully saturated rings. The Bertz CT molecular complexity index is 417. The van der Waals surface area contributed by atoms with Crippen molar-refractivity contribution >= 4 is 10.9 Å². The van der Waals surface area contributed by atoms with Crippen LogP contribution < -0.4 is 0 Å². The number of aromatic amines is 1. The summed E-state index contributed by atoms with van der Waals surface area (Å²) in [5, 5.41) is 10.7. The van der Waals surface area contributed by atoms with Gasteiger partial charge in [0.25, 0.3) is 0 Å². The average molecular weight is 219 g/mol. The highest BCUT2D eigenvalue weighted by Gasteiger charge is 2.05. The number of H-pyrrole nitrogens is 1. The van der Waals surface area contributed by atoms with Crippen LogP contribution in [0.25, 0.3) is 10.9 Å². The van der Waals surface area contributed by atoms with Gasteiger partial charge in [-0.3, -0.25) is 0 Å². The number of nitrogens with one attached hydrogen (secondary N) is 1. The summed E-state index contributed by atoms with van der Waals surface area (Å²) in [4.78, 5) is 3.33. The van der Waals surface area contributed by atoms with Crippen LogP contribution >= 0.6 is 0 Å². The van der Waals surface area contributed by atoms with Crippen molar-refractivity contribution in [1.29, 1.82) is 0 Å². The van der Waals surface area contributed by atoms with Crippen molar-refractivity contribution < 1.29 is 9.84 Å². The summed E-state index contributed by atoms with van der Waals surface area (Å²) in [6, 6.07) is 10.3. The second-order valence-electron chi connectivity index (χ2n) is 3.83. The molecular weight excluding hydrogens is 202 g/mol. The number of ether oxygens (including phenoxy) is 1. The lowest BCUT2D eigenvalue weighted by molar-refractivity contribution is -0.0980. The molecular formula is C13H17NO2. The largest absolute Gasteiger partial charge is 0.368 e. The number of fused-ring (bicyclic) bond motifs is 1. The molecule has 1 heterocycles. The van der Waals surface area contributed by atoms with Gasteiger partial charge >= 0.3 is 0 Å². The van der Waals surface area contributed by atoms with E-state index in [4.69, 9.17) is 4.74 Å². The molecule has 1 unspecified atom stereocenters. The minimum absolute atomic E-state index is 0.549. The molecule has 0 radical (unpaired) electrons. The van der Waals surface area contributed by atoms with E-state index in [1.54, 1.807) is 0 Å². The second kappa shape index (κ2) is 5.14. The van der Waals surface area contributed by atoms with Crippen molar-refractivity contribution in [2.45, 2.75) is 26.1 Å². The van der Waals surface area contributed by atoms with Crippen LogP contribution in [0.5, 0.6) is 0 Å². The van der Waals surface area contributed by atoms with Gasteiger partial charge in [-0.15, -0.1) is 0 Å². The fourth-order valence-corrected chi connectivity index (χ4v) is 1.82. The lowest BCUT2D eigenvalue weighted by atomic mass is 10.2. The van der Waals surface area contributed by atoms with Gasteiger partial charge in [0.05, 0.1) is 0 Å². The summed E-state index contributed by atoms with van der Waals surface area (Å²) in [6.45, 7) is 2.43. The monoisotopic (exact) mass is 219 g/mol. The first kappa shape index (κ1) is 11.2. The second-order valence-corrected chi connectivity index (χ2v) is 3.83. The summed E-state index contributed by atoms with van der Waals surface area (Å²) < 4.78 is 5.08. The first-order chi connectivity index (χ1) is 7.79. The molecule has 0 aliphatic rings. The normalized spacial score (nSPS) is 13.1. The Morgan fingerprint density at radius 2 is 2.19 bits per heavy atom. The maximum Gasteiger partial charge on any atom is 0.154 e. The van der Waals surface area contributed by atoms with Crippen LogP contribution in [0.1, 0.15) is 19.0 Å². The summed E-state index contributed by atoms with van der Waals surface area (Å²) in [6.07, 6.45) is 0.771. The molecule has 3 nitrogen and oxygen atoms in total. The molecule has 2 aromatic rings. The Balaban J connectivity index is 1.99. The van der Waals surface area contributed by atoms with Crippen molar-refractivity contribution in [2.24, 2.45) is 0 Å². The zero-order chi connectivity index (χ0) is 11.4.